The molecule has 226 valence electrons. The van der Waals surface area contributed by atoms with Crippen LogP contribution in [0.5, 0.6) is 0 Å². The average molecular weight is 589 g/mol. The second-order valence-electron chi connectivity index (χ2n) is 11.0. The van der Waals surface area contributed by atoms with E-state index in [-0.39, 0.29) is 18.7 Å². The number of para-hydroxylation sites is 2. The molecule has 0 spiro atoms. The Morgan fingerprint density at radius 3 is 1.95 bits per heavy atom. The van der Waals surface area contributed by atoms with Crippen LogP contribution in [0.25, 0.3) is 21.8 Å². The molecule has 1 saturated heterocycles. The zero-order chi connectivity index (χ0) is 30.5. The molecule has 5 unspecified atom stereocenters. The van der Waals surface area contributed by atoms with Crippen molar-refractivity contribution in [1.29, 1.82) is 0 Å². The number of carbonyl (C=O) groups excluding carboxylic acids is 3. The Morgan fingerprint density at radius 2 is 1.42 bits per heavy atom. The molecule has 0 radical (unpaired) electrons. The van der Waals surface area contributed by atoms with Crippen LogP contribution < -0.4 is 21.3 Å². The fourth-order valence-electron chi connectivity index (χ4n) is 5.55. The maximum absolute atomic E-state index is 13.6. The number of fused-ring (bicyclic) bond motifs is 2. The zero-order valence-corrected chi connectivity index (χ0v) is 23.7. The minimum absolute atomic E-state index is 0.0147. The Morgan fingerprint density at radius 1 is 0.837 bits per heavy atom. The van der Waals surface area contributed by atoms with E-state index in [9.17, 15) is 29.4 Å². The van der Waals surface area contributed by atoms with E-state index in [1.54, 1.807) is 12.4 Å². The van der Waals surface area contributed by atoms with Crippen LogP contribution in [0.4, 0.5) is 0 Å². The Balaban J connectivity index is 1.32. The number of carboxylic acid groups (broad SMARTS) is 1. The summed E-state index contributed by atoms with van der Waals surface area (Å²) in [5, 5.41) is 33.0. The van der Waals surface area contributed by atoms with Gasteiger partial charge < -0.3 is 41.4 Å². The van der Waals surface area contributed by atoms with E-state index < -0.39 is 48.1 Å². The van der Waals surface area contributed by atoms with Gasteiger partial charge in [0.15, 0.2) is 0 Å². The fraction of sp³-hybridized carbons (Fsp3) is 0.355. The molecule has 0 bridgehead atoms. The lowest BCUT2D eigenvalue weighted by Crippen LogP contribution is -2.60. The van der Waals surface area contributed by atoms with Gasteiger partial charge >= 0.3 is 5.97 Å². The van der Waals surface area contributed by atoms with Crippen molar-refractivity contribution in [2.24, 2.45) is 0 Å². The molecule has 8 N–H and O–H groups in total. The minimum atomic E-state index is -1.47. The number of benzene rings is 2. The number of H-pyrrole nitrogens is 2. The van der Waals surface area contributed by atoms with E-state index in [1.807, 2.05) is 48.5 Å². The van der Waals surface area contributed by atoms with Gasteiger partial charge in [-0.2, -0.15) is 0 Å². The van der Waals surface area contributed by atoms with Crippen LogP contribution in [0.2, 0.25) is 0 Å². The average Bonchev–Trinajstić information content (AvgIpc) is 3.76. The van der Waals surface area contributed by atoms with Crippen molar-refractivity contribution in [3.8, 4) is 0 Å². The summed E-state index contributed by atoms with van der Waals surface area (Å²) >= 11 is 0. The van der Waals surface area contributed by atoms with Crippen molar-refractivity contribution in [3.05, 3.63) is 72.1 Å². The number of amides is 3. The molecule has 4 aromatic rings. The second-order valence-corrected chi connectivity index (χ2v) is 11.0. The number of carbonyl (C=O) groups is 4. The first kappa shape index (κ1) is 29.8. The highest BCUT2D eigenvalue weighted by Crippen LogP contribution is 2.21. The third-order valence-corrected chi connectivity index (χ3v) is 7.88. The first-order chi connectivity index (χ1) is 20.7. The predicted octanol–water partition coefficient (Wildman–Crippen LogP) is 1.11. The lowest BCUT2D eigenvalue weighted by atomic mass is 10.0. The van der Waals surface area contributed by atoms with Crippen LogP contribution in [0.3, 0.4) is 0 Å². The first-order valence-corrected chi connectivity index (χ1v) is 14.4. The fourth-order valence-corrected chi connectivity index (χ4v) is 5.55. The summed E-state index contributed by atoms with van der Waals surface area (Å²) < 4.78 is 0. The quantitative estimate of drug-likeness (QED) is 0.122. The smallest absolute Gasteiger partial charge is 0.326 e. The minimum Gasteiger partial charge on any atom is -0.480 e. The van der Waals surface area contributed by atoms with Crippen molar-refractivity contribution in [2.75, 3.05) is 6.54 Å². The summed E-state index contributed by atoms with van der Waals surface area (Å²) in [4.78, 5) is 58.3. The van der Waals surface area contributed by atoms with E-state index >= 15 is 0 Å². The van der Waals surface area contributed by atoms with Gasteiger partial charge in [-0.25, -0.2) is 4.79 Å². The number of rotatable bonds is 12. The van der Waals surface area contributed by atoms with Crippen LogP contribution in [0.15, 0.2) is 60.9 Å². The molecule has 12 nitrogen and oxygen atoms in total. The third kappa shape index (κ3) is 6.87. The van der Waals surface area contributed by atoms with Crippen molar-refractivity contribution < 1.29 is 29.4 Å². The van der Waals surface area contributed by atoms with Gasteiger partial charge in [-0.3, -0.25) is 14.4 Å². The van der Waals surface area contributed by atoms with Gasteiger partial charge in [-0.05, 0) is 49.6 Å². The number of nitrogens with one attached hydrogen (secondary N) is 6. The predicted molar refractivity (Wildman–Crippen MR) is 160 cm³/mol. The Hall–Kier alpha value is -4.68. The second kappa shape index (κ2) is 13.1. The topological polar surface area (TPSA) is 188 Å². The molecule has 1 aliphatic rings. The summed E-state index contributed by atoms with van der Waals surface area (Å²) in [6, 6.07) is 10.7. The van der Waals surface area contributed by atoms with Crippen LogP contribution in [0.1, 0.15) is 30.9 Å². The molecule has 3 heterocycles. The number of hydrogen-bond donors (Lipinski definition) is 8. The number of carboxylic acids is 1. The molecule has 2 aromatic heterocycles. The van der Waals surface area contributed by atoms with Gasteiger partial charge in [0.1, 0.15) is 18.1 Å². The van der Waals surface area contributed by atoms with Crippen LogP contribution in [-0.2, 0) is 32.0 Å². The van der Waals surface area contributed by atoms with Crippen molar-refractivity contribution in [1.82, 2.24) is 31.2 Å². The summed E-state index contributed by atoms with van der Waals surface area (Å²) in [5.41, 5.74) is 3.19. The van der Waals surface area contributed by atoms with Gasteiger partial charge in [-0.15, -0.1) is 0 Å². The monoisotopic (exact) mass is 588 g/mol. The number of aromatic nitrogens is 2. The number of aliphatic hydroxyl groups is 1. The maximum Gasteiger partial charge on any atom is 0.326 e. The molecule has 1 aliphatic heterocycles. The standard InChI is InChI=1S/C31H36N6O6/c1-17(38)27(30(41)36-26(31(42)43)14-19-16-34-23-10-5-3-8-21(19)23)37-29(40)25(35-28(39)24-11-6-12-32-24)13-18-15-33-22-9-4-2-7-20(18)22/h2-5,7-10,15-17,24-27,32-34,38H,6,11-14H2,1H3,(H,35,39)(H,36,41)(H,37,40)(H,42,43). The van der Waals surface area contributed by atoms with Crippen LogP contribution in [0, 0.1) is 0 Å². The summed E-state index contributed by atoms with van der Waals surface area (Å²) in [7, 11) is 0. The lowest BCUT2D eigenvalue weighted by Gasteiger charge is -2.26. The van der Waals surface area contributed by atoms with Gasteiger partial charge in [0.2, 0.25) is 17.7 Å². The van der Waals surface area contributed by atoms with E-state index in [1.165, 1.54) is 6.92 Å². The number of hydrogen-bond acceptors (Lipinski definition) is 6. The van der Waals surface area contributed by atoms with Crippen molar-refractivity contribution in [2.45, 2.75) is 62.9 Å². The van der Waals surface area contributed by atoms with Crippen LogP contribution >= 0.6 is 0 Å². The summed E-state index contributed by atoms with van der Waals surface area (Å²) in [5.74, 6) is -3.13. The van der Waals surface area contributed by atoms with Gasteiger partial charge in [0, 0.05) is 47.0 Å². The van der Waals surface area contributed by atoms with E-state index in [0.29, 0.717) is 18.5 Å². The molecule has 3 amide bonds. The molecular formula is C31H36N6O6. The summed E-state index contributed by atoms with van der Waals surface area (Å²) in [6.45, 7) is 2.03. The zero-order valence-electron chi connectivity index (χ0n) is 23.7. The highest BCUT2D eigenvalue weighted by Gasteiger charge is 2.34. The van der Waals surface area contributed by atoms with Gasteiger partial charge in [0.25, 0.3) is 0 Å². The van der Waals surface area contributed by atoms with E-state index in [0.717, 1.165) is 33.8 Å². The molecule has 2 aromatic carbocycles. The third-order valence-electron chi connectivity index (χ3n) is 7.88. The molecule has 12 heteroatoms. The SMILES string of the molecule is CC(O)C(NC(=O)C(Cc1c[nH]c2ccccc12)NC(=O)C1CCCN1)C(=O)NC(Cc1c[nH]c2ccccc12)C(=O)O. The first-order valence-electron chi connectivity index (χ1n) is 14.4. The molecule has 0 saturated carbocycles. The number of aliphatic hydroxyl groups excluding tert-OH is 1. The highest BCUT2D eigenvalue weighted by molar-refractivity contribution is 5.95. The Bertz CT molecular complexity index is 1620. The van der Waals surface area contributed by atoms with Gasteiger partial charge in [0.05, 0.1) is 12.1 Å². The molecule has 1 fully saturated rings. The molecule has 5 atom stereocenters. The molecule has 43 heavy (non-hydrogen) atoms. The van der Waals surface area contributed by atoms with E-state index in [2.05, 4.69) is 31.2 Å². The van der Waals surface area contributed by atoms with Crippen molar-refractivity contribution >= 4 is 45.5 Å². The van der Waals surface area contributed by atoms with Crippen molar-refractivity contribution in [3.63, 3.8) is 0 Å². The Labute approximate surface area is 247 Å². The lowest BCUT2D eigenvalue weighted by molar-refractivity contribution is -0.143. The normalized spacial score (nSPS) is 17.7. The summed E-state index contributed by atoms with van der Waals surface area (Å²) in [6.07, 6.45) is 3.70. The number of aromatic amines is 2. The molecule has 5 rings (SSSR count). The number of aliphatic carboxylic acids is 1. The van der Waals surface area contributed by atoms with Crippen LogP contribution in [-0.4, -0.2) is 80.7 Å². The highest BCUT2D eigenvalue weighted by atomic mass is 16.4. The molecular weight excluding hydrogens is 552 g/mol. The Kier molecular flexibility index (Phi) is 9.07. The maximum atomic E-state index is 13.6. The molecule has 0 aliphatic carbocycles. The van der Waals surface area contributed by atoms with E-state index in [4.69, 9.17) is 0 Å². The largest absolute Gasteiger partial charge is 0.480 e. The van der Waals surface area contributed by atoms with Gasteiger partial charge in [-0.1, -0.05) is 36.4 Å².